The molecule has 2 heterocycles. The standard InChI is InChI=1S/C11H10F3N3O2S/c1-6-8(5-20-16-6)10(18)19-9(11(12,13)14)7-3-15-17(2)4-7/h3-5,9H,1-2H3/t9-/m0/s1. The summed E-state index contributed by atoms with van der Waals surface area (Å²) in [6.07, 6.45) is -4.88. The maximum Gasteiger partial charge on any atom is 0.429 e. The number of hydrogen-bond donors (Lipinski definition) is 0. The first-order chi connectivity index (χ1) is 9.29. The van der Waals surface area contributed by atoms with Crippen molar-refractivity contribution in [2.45, 2.75) is 19.2 Å². The molecule has 5 nitrogen and oxygen atoms in total. The Morgan fingerprint density at radius 1 is 1.50 bits per heavy atom. The molecule has 0 bridgehead atoms. The van der Waals surface area contributed by atoms with Gasteiger partial charge in [-0.3, -0.25) is 4.68 Å². The summed E-state index contributed by atoms with van der Waals surface area (Å²) in [5.41, 5.74) is 0.148. The van der Waals surface area contributed by atoms with Crippen molar-refractivity contribution < 1.29 is 22.7 Å². The molecule has 0 aliphatic rings. The number of halogens is 3. The molecule has 0 aliphatic carbocycles. The number of alkyl halides is 3. The third-order valence-electron chi connectivity index (χ3n) is 2.52. The van der Waals surface area contributed by atoms with Gasteiger partial charge in [-0.2, -0.15) is 22.6 Å². The Kier molecular flexibility index (Phi) is 3.80. The minimum Gasteiger partial charge on any atom is -0.444 e. The molecule has 0 aliphatic heterocycles. The van der Waals surface area contributed by atoms with Crippen molar-refractivity contribution in [1.82, 2.24) is 14.2 Å². The SMILES string of the molecule is Cc1nscc1C(=O)O[C@@H](c1cnn(C)c1)C(F)(F)F. The summed E-state index contributed by atoms with van der Waals surface area (Å²) >= 11 is 0.981. The lowest BCUT2D eigenvalue weighted by atomic mass is 10.2. The number of aromatic nitrogens is 3. The number of hydrogen-bond acceptors (Lipinski definition) is 5. The van der Waals surface area contributed by atoms with Crippen LogP contribution in [0.5, 0.6) is 0 Å². The van der Waals surface area contributed by atoms with Gasteiger partial charge in [0.25, 0.3) is 0 Å². The van der Waals surface area contributed by atoms with E-state index in [1.54, 1.807) is 0 Å². The Morgan fingerprint density at radius 2 is 2.20 bits per heavy atom. The van der Waals surface area contributed by atoms with Crippen molar-refractivity contribution in [3.05, 3.63) is 34.6 Å². The van der Waals surface area contributed by atoms with Crippen LogP contribution in [0.4, 0.5) is 13.2 Å². The molecule has 108 valence electrons. The molecule has 9 heteroatoms. The molecule has 2 aromatic rings. The summed E-state index contributed by atoms with van der Waals surface area (Å²) in [4.78, 5) is 11.8. The van der Waals surface area contributed by atoms with Gasteiger partial charge in [-0.25, -0.2) is 4.79 Å². The number of carbonyl (C=O) groups is 1. The summed E-state index contributed by atoms with van der Waals surface area (Å²) in [6, 6.07) is 0. The molecule has 0 saturated heterocycles. The molecule has 1 atom stereocenters. The molecule has 2 aromatic heterocycles. The lowest BCUT2D eigenvalue weighted by Crippen LogP contribution is -2.26. The summed E-state index contributed by atoms with van der Waals surface area (Å²) in [5, 5.41) is 5.01. The van der Waals surface area contributed by atoms with E-state index in [1.807, 2.05) is 0 Å². The van der Waals surface area contributed by atoms with E-state index < -0.39 is 18.2 Å². The lowest BCUT2D eigenvalue weighted by Gasteiger charge is -2.19. The van der Waals surface area contributed by atoms with Gasteiger partial charge in [0.1, 0.15) is 0 Å². The van der Waals surface area contributed by atoms with Crippen LogP contribution < -0.4 is 0 Å². The number of carbonyl (C=O) groups excluding carboxylic acids is 1. The first-order valence-corrected chi connectivity index (χ1v) is 6.30. The van der Waals surface area contributed by atoms with Crippen LogP contribution in [0, 0.1) is 6.92 Å². The van der Waals surface area contributed by atoms with Crippen LogP contribution in [0.2, 0.25) is 0 Å². The number of esters is 1. The smallest absolute Gasteiger partial charge is 0.429 e. The number of rotatable bonds is 3. The fourth-order valence-corrected chi connectivity index (χ4v) is 2.24. The van der Waals surface area contributed by atoms with E-state index >= 15 is 0 Å². The van der Waals surface area contributed by atoms with Crippen molar-refractivity contribution in [2.75, 3.05) is 0 Å². The minimum atomic E-state index is -4.71. The Labute approximate surface area is 116 Å². The quantitative estimate of drug-likeness (QED) is 0.818. The first kappa shape index (κ1) is 14.5. The Balaban J connectivity index is 2.26. The summed E-state index contributed by atoms with van der Waals surface area (Å²) in [5.74, 6) is -1.05. The van der Waals surface area contributed by atoms with E-state index in [2.05, 4.69) is 14.2 Å². The Bertz CT molecular complexity index is 620. The molecule has 0 fully saturated rings. The van der Waals surface area contributed by atoms with Gasteiger partial charge in [0.05, 0.1) is 17.5 Å². The van der Waals surface area contributed by atoms with E-state index in [9.17, 15) is 18.0 Å². The zero-order valence-electron chi connectivity index (χ0n) is 10.5. The second kappa shape index (κ2) is 5.23. The highest BCUT2D eigenvalue weighted by Crippen LogP contribution is 2.36. The van der Waals surface area contributed by atoms with Crippen LogP contribution in [0.15, 0.2) is 17.8 Å². The topological polar surface area (TPSA) is 57.0 Å². The van der Waals surface area contributed by atoms with Gasteiger partial charge in [0, 0.05) is 24.2 Å². The van der Waals surface area contributed by atoms with Crippen LogP contribution in [0.1, 0.15) is 27.7 Å². The number of ether oxygens (including phenoxy) is 1. The first-order valence-electron chi connectivity index (χ1n) is 5.46. The molecule has 20 heavy (non-hydrogen) atoms. The molecular weight excluding hydrogens is 295 g/mol. The van der Waals surface area contributed by atoms with Crippen LogP contribution in [-0.2, 0) is 11.8 Å². The summed E-state index contributed by atoms with van der Waals surface area (Å²) < 4.78 is 48.6. The molecule has 0 radical (unpaired) electrons. The average molecular weight is 305 g/mol. The van der Waals surface area contributed by atoms with E-state index in [4.69, 9.17) is 0 Å². The van der Waals surface area contributed by atoms with Gasteiger partial charge in [-0.1, -0.05) is 0 Å². The van der Waals surface area contributed by atoms with Crippen LogP contribution in [-0.4, -0.2) is 26.3 Å². The molecule has 0 saturated carbocycles. The van der Waals surface area contributed by atoms with Crippen LogP contribution in [0.25, 0.3) is 0 Å². The van der Waals surface area contributed by atoms with Gasteiger partial charge in [0.15, 0.2) is 0 Å². The monoisotopic (exact) mass is 305 g/mol. The maximum atomic E-state index is 13.0. The summed E-state index contributed by atoms with van der Waals surface area (Å²) in [6.45, 7) is 1.53. The van der Waals surface area contributed by atoms with Gasteiger partial charge in [0.2, 0.25) is 6.10 Å². The van der Waals surface area contributed by atoms with Gasteiger partial charge in [-0.05, 0) is 18.5 Å². The molecule has 0 aromatic carbocycles. The van der Waals surface area contributed by atoms with Crippen molar-refractivity contribution >= 4 is 17.5 Å². The zero-order valence-corrected chi connectivity index (χ0v) is 11.3. The average Bonchev–Trinajstić information content (AvgIpc) is 2.93. The molecule has 0 amide bonds. The predicted octanol–water partition coefficient (Wildman–Crippen LogP) is 2.65. The molecular formula is C11H10F3N3O2S. The van der Waals surface area contributed by atoms with Crippen molar-refractivity contribution in [1.29, 1.82) is 0 Å². The molecule has 0 spiro atoms. The largest absolute Gasteiger partial charge is 0.444 e. The normalized spacial score (nSPS) is 13.2. The van der Waals surface area contributed by atoms with E-state index in [1.165, 1.54) is 24.0 Å². The summed E-state index contributed by atoms with van der Waals surface area (Å²) in [7, 11) is 1.48. The molecule has 2 rings (SSSR count). The van der Waals surface area contributed by atoms with Crippen LogP contribution in [0.3, 0.4) is 0 Å². The second-order valence-corrected chi connectivity index (χ2v) is 4.72. The predicted molar refractivity (Wildman–Crippen MR) is 64.3 cm³/mol. The van der Waals surface area contributed by atoms with Crippen LogP contribution >= 0.6 is 11.5 Å². The number of aryl methyl sites for hydroxylation is 2. The van der Waals surface area contributed by atoms with Gasteiger partial charge in [-0.15, -0.1) is 0 Å². The fraction of sp³-hybridized carbons (Fsp3) is 0.364. The Hall–Kier alpha value is -1.90. The number of nitrogens with zero attached hydrogens (tertiary/aromatic N) is 3. The lowest BCUT2D eigenvalue weighted by molar-refractivity contribution is -0.207. The second-order valence-electron chi connectivity index (χ2n) is 4.09. The zero-order chi connectivity index (χ0) is 14.9. The maximum absolute atomic E-state index is 13.0. The highest BCUT2D eigenvalue weighted by molar-refractivity contribution is 7.03. The van der Waals surface area contributed by atoms with Crippen molar-refractivity contribution in [3.8, 4) is 0 Å². The molecule has 0 unspecified atom stereocenters. The third kappa shape index (κ3) is 2.98. The van der Waals surface area contributed by atoms with Crippen molar-refractivity contribution in [2.24, 2.45) is 7.05 Å². The van der Waals surface area contributed by atoms with Crippen molar-refractivity contribution in [3.63, 3.8) is 0 Å². The minimum absolute atomic E-state index is 0.0353. The highest BCUT2D eigenvalue weighted by atomic mass is 32.1. The van der Waals surface area contributed by atoms with E-state index in [0.29, 0.717) is 5.69 Å². The van der Waals surface area contributed by atoms with Gasteiger partial charge < -0.3 is 4.74 Å². The fourth-order valence-electron chi connectivity index (χ4n) is 1.56. The van der Waals surface area contributed by atoms with E-state index in [-0.39, 0.29) is 11.1 Å². The third-order valence-corrected chi connectivity index (χ3v) is 3.24. The van der Waals surface area contributed by atoms with Gasteiger partial charge >= 0.3 is 12.1 Å². The Morgan fingerprint density at radius 3 is 2.65 bits per heavy atom. The molecule has 0 N–H and O–H groups in total. The van der Waals surface area contributed by atoms with E-state index in [0.717, 1.165) is 23.9 Å². The highest BCUT2D eigenvalue weighted by Gasteiger charge is 2.45.